The highest BCUT2D eigenvalue weighted by Gasteiger charge is 2.47. The molecule has 2 rings (SSSR count). The molecule has 2 atom stereocenters. The molecule has 2 saturated heterocycles. The SMILES string of the molecule is CCN1CC[C@H](C)[C@]12CCOC2. The molecule has 2 nitrogen and oxygen atoms in total. The molecule has 2 aliphatic rings. The molecule has 0 aromatic rings. The third-order valence-corrected chi connectivity index (χ3v) is 3.79. The van der Waals surface area contributed by atoms with E-state index in [0.717, 1.165) is 19.1 Å². The standard InChI is InChI=1S/C10H19NO/c1-3-11-6-4-9(2)10(11)5-7-12-8-10/h9H,3-8H2,1-2H3/t9-,10+/m0/s1. The number of hydrogen-bond donors (Lipinski definition) is 0. The Hall–Kier alpha value is -0.0800. The summed E-state index contributed by atoms with van der Waals surface area (Å²) in [7, 11) is 0. The molecule has 2 heteroatoms. The van der Waals surface area contributed by atoms with E-state index in [1.165, 1.54) is 25.9 Å². The summed E-state index contributed by atoms with van der Waals surface area (Å²) in [6.45, 7) is 9.06. The van der Waals surface area contributed by atoms with Gasteiger partial charge in [0.25, 0.3) is 0 Å². The van der Waals surface area contributed by atoms with Crippen LogP contribution in [0, 0.1) is 5.92 Å². The van der Waals surface area contributed by atoms with Crippen LogP contribution in [0.25, 0.3) is 0 Å². The zero-order chi connectivity index (χ0) is 8.60. The van der Waals surface area contributed by atoms with Gasteiger partial charge in [-0.1, -0.05) is 13.8 Å². The molecular weight excluding hydrogens is 150 g/mol. The van der Waals surface area contributed by atoms with Crippen LogP contribution in [-0.4, -0.2) is 36.7 Å². The van der Waals surface area contributed by atoms with Crippen LogP contribution in [0.1, 0.15) is 26.7 Å². The predicted molar refractivity (Wildman–Crippen MR) is 49.2 cm³/mol. The smallest absolute Gasteiger partial charge is 0.0653 e. The zero-order valence-electron chi connectivity index (χ0n) is 8.18. The monoisotopic (exact) mass is 169 g/mol. The first-order valence-electron chi connectivity index (χ1n) is 5.12. The van der Waals surface area contributed by atoms with E-state index in [9.17, 15) is 0 Å². The molecule has 0 unspecified atom stereocenters. The van der Waals surface area contributed by atoms with Crippen LogP contribution < -0.4 is 0 Å². The molecule has 0 N–H and O–H groups in total. The molecule has 12 heavy (non-hydrogen) atoms. The van der Waals surface area contributed by atoms with Gasteiger partial charge in [-0.15, -0.1) is 0 Å². The second-order valence-electron chi connectivity index (χ2n) is 4.18. The van der Waals surface area contributed by atoms with Crippen molar-refractivity contribution < 1.29 is 4.74 Å². The summed E-state index contributed by atoms with van der Waals surface area (Å²) in [6, 6.07) is 0. The summed E-state index contributed by atoms with van der Waals surface area (Å²) in [5.41, 5.74) is 0.425. The van der Waals surface area contributed by atoms with Gasteiger partial charge in [0, 0.05) is 12.1 Å². The van der Waals surface area contributed by atoms with E-state index >= 15 is 0 Å². The molecule has 0 bridgehead atoms. The quantitative estimate of drug-likeness (QED) is 0.590. The Balaban J connectivity index is 2.17. The van der Waals surface area contributed by atoms with Crippen LogP contribution in [0.5, 0.6) is 0 Å². The summed E-state index contributed by atoms with van der Waals surface area (Å²) >= 11 is 0. The number of nitrogens with zero attached hydrogens (tertiary/aromatic N) is 1. The molecular formula is C10H19NO. The fraction of sp³-hybridized carbons (Fsp3) is 1.00. The van der Waals surface area contributed by atoms with Crippen molar-refractivity contribution in [2.75, 3.05) is 26.3 Å². The van der Waals surface area contributed by atoms with E-state index < -0.39 is 0 Å². The summed E-state index contributed by atoms with van der Waals surface area (Å²) in [6.07, 6.45) is 2.61. The maximum Gasteiger partial charge on any atom is 0.0653 e. The number of ether oxygens (including phenoxy) is 1. The minimum Gasteiger partial charge on any atom is -0.379 e. The van der Waals surface area contributed by atoms with Crippen molar-refractivity contribution in [1.82, 2.24) is 4.90 Å². The van der Waals surface area contributed by atoms with Crippen LogP contribution >= 0.6 is 0 Å². The summed E-state index contributed by atoms with van der Waals surface area (Å²) < 4.78 is 5.54. The second kappa shape index (κ2) is 3.00. The average Bonchev–Trinajstić information content (AvgIpc) is 2.65. The molecule has 2 fully saturated rings. The van der Waals surface area contributed by atoms with Gasteiger partial charge in [-0.3, -0.25) is 4.90 Å². The van der Waals surface area contributed by atoms with Gasteiger partial charge in [0.1, 0.15) is 0 Å². The Morgan fingerprint density at radius 1 is 1.58 bits per heavy atom. The van der Waals surface area contributed by atoms with Crippen LogP contribution in [0.4, 0.5) is 0 Å². The lowest BCUT2D eigenvalue weighted by Crippen LogP contribution is -2.47. The maximum atomic E-state index is 5.54. The Bertz CT molecular complexity index is 163. The van der Waals surface area contributed by atoms with E-state index in [-0.39, 0.29) is 0 Å². The third kappa shape index (κ3) is 1.01. The molecule has 2 heterocycles. The molecule has 0 amide bonds. The van der Waals surface area contributed by atoms with Crippen molar-refractivity contribution in [2.45, 2.75) is 32.2 Å². The van der Waals surface area contributed by atoms with E-state index in [1.807, 2.05) is 0 Å². The average molecular weight is 169 g/mol. The Morgan fingerprint density at radius 2 is 2.42 bits per heavy atom. The minimum absolute atomic E-state index is 0.425. The molecule has 0 aromatic heterocycles. The maximum absolute atomic E-state index is 5.54. The van der Waals surface area contributed by atoms with Gasteiger partial charge in [-0.05, 0) is 31.8 Å². The molecule has 0 aromatic carbocycles. The minimum atomic E-state index is 0.425. The first-order chi connectivity index (χ1) is 5.79. The van der Waals surface area contributed by atoms with Crippen LogP contribution in [0.3, 0.4) is 0 Å². The van der Waals surface area contributed by atoms with Crippen molar-refractivity contribution in [2.24, 2.45) is 5.92 Å². The number of rotatable bonds is 1. The Kier molecular flexibility index (Phi) is 2.13. The van der Waals surface area contributed by atoms with Crippen molar-refractivity contribution in [3.8, 4) is 0 Å². The number of likely N-dealkylation sites (N-methyl/N-ethyl adjacent to an activating group) is 1. The summed E-state index contributed by atoms with van der Waals surface area (Å²) in [4.78, 5) is 2.62. The molecule has 0 radical (unpaired) electrons. The van der Waals surface area contributed by atoms with Gasteiger partial charge >= 0.3 is 0 Å². The van der Waals surface area contributed by atoms with Crippen molar-refractivity contribution in [1.29, 1.82) is 0 Å². The second-order valence-corrected chi connectivity index (χ2v) is 4.18. The summed E-state index contributed by atoms with van der Waals surface area (Å²) in [5.74, 6) is 0.833. The van der Waals surface area contributed by atoms with Gasteiger partial charge in [0.05, 0.1) is 6.61 Å². The first kappa shape index (κ1) is 8.52. The Labute approximate surface area is 74.9 Å². The van der Waals surface area contributed by atoms with Crippen molar-refractivity contribution in [3.63, 3.8) is 0 Å². The zero-order valence-corrected chi connectivity index (χ0v) is 8.18. The lowest BCUT2D eigenvalue weighted by Gasteiger charge is -2.36. The number of hydrogen-bond acceptors (Lipinski definition) is 2. The molecule has 1 spiro atoms. The van der Waals surface area contributed by atoms with Gasteiger partial charge in [-0.25, -0.2) is 0 Å². The fourth-order valence-electron chi connectivity index (χ4n) is 2.83. The highest BCUT2D eigenvalue weighted by atomic mass is 16.5. The lowest BCUT2D eigenvalue weighted by molar-refractivity contribution is 0.0827. The summed E-state index contributed by atoms with van der Waals surface area (Å²) in [5, 5.41) is 0. The lowest BCUT2D eigenvalue weighted by atomic mass is 9.85. The predicted octanol–water partition coefficient (Wildman–Crippen LogP) is 1.51. The highest BCUT2D eigenvalue weighted by molar-refractivity contribution is 5.02. The van der Waals surface area contributed by atoms with Gasteiger partial charge in [-0.2, -0.15) is 0 Å². The van der Waals surface area contributed by atoms with E-state index in [1.54, 1.807) is 0 Å². The van der Waals surface area contributed by atoms with Crippen molar-refractivity contribution in [3.05, 3.63) is 0 Å². The number of likely N-dealkylation sites (tertiary alicyclic amines) is 1. The largest absolute Gasteiger partial charge is 0.379 e. The van der Waals surface area contributed by atoms with Crippen LogP contribution in [0.2, 0.25) is 0 Å². The molecule has 70 valence electrons. The van der Waals surface area contributed by atoms with Crippen molar-refractivity contribution >= 4 is 0 Å². The molecule has 0 aliphatic carbocycles. The van der Waals surface area contributed by atoms with Gasteiger partial charge in [0.2, 0.25) is 0 Å². The molecule has 0 saturated carbocycles. The normalized spacial score (nSPS) is 43.0. The highest BCUT2D eigenvalue weighted by Crippen LogP contribution is 2.40. The van der Waals surface area contributed by atoms with Gasteiger partial charge in [0.15, 0.2) is 0 Å². The van der Waals surface area contributed by atoms with Crippen LogP contribution in [-0.2, 0) is 4.74 Å². The topological polar surface area (TPSA) is 12.5 Å². The van der Waals surface area contributed by atoms with E-state index in [2.05, 4.69) is 18.7 Å². The van der Waals surface area contributed by atoms with Crippen LogP contribution in [0.15, 0.2) is 0 Å². The Morgan fingerprint density at radius 3 is 3.00 bits per heavy atom. The molecule has 2 aliphatic heterocycles. The third-order valence-electron chi connectivity index (χ3n) is 3.79. The van der Waals surface area contributed by atoms with E-state index in [4.69, 9.17) is 4.74 Å². The fourth-order valence-corrected chi connectivity index (χ4v) is 2.83. The van der Waals surface area contributed by atoms with E-state index in [0.29, 0.717) is 5.54 Å². The first-order valence-corrected chi connectivity index (χ1v) is 5.12. The van der Waals surface area contributed by atoms with Gasteiger partial charge < -0.3 is 4.74 Å².